The van der Waals surface area contributed by atoms with Crippen LogP contribution in [-0.4, -0.2) is 48.6 Å². The number of benzene rings is 2. The highest BCUT2D eigenvalue weighted by atomic mass is 28.3. The van der Waals surface area contributed by atoms with Crippen LogP contribution in [0.4, 0.5) is 9.59 Å². The topological polar surface area (TPSA) is 52.6 Å². The van der Waals surface area contributed by atoms with Gasteiger partial charge in [0.1, 0.15) is 0 Å². The highest BCUT2D eigenvalue weighted by molar-refractivity contribution is 7.37. The van der Waals surface area contributed by atoms with Gasteiger partial charge in [0.15, 0.2) is 0 Å². The molecule has 33 heavy (non-hydrogen) atoms. The molecule has 0 fully saturated rings. The van der Waals surface area contributed by atoms with Crippen LogP contribution < -0.4 is 20.7 Å². The van der Waals surface area contributed by atoms with Crippen molar-refractivity contribution in [2.45, 2.75) is 66.0 Å². The first-order valence-corrected chi connectivity index (χ1v) is 21.0. The molecule has 0 heterocycles. The molecule has 0 saturated carbocycles. The number of carbonyl (C=O) groups excluding carboxylic acids is 2. The fourth-order valence-electron chi connectivity index (χ4n) is 3.77. The van der Waals surface area contributed by atoms with Gasteiger partial charge in [-0.2, -0.15) is 0 Å². The Morgan fingerprint density at radius 1 is 0.576 bits per heavy atom. The second kappa shape index (κ2) is 11.0. The second-order valence-electron chi connectivity index (χ2n) is 10.7. The van der Waals surface area contributed by atoms with Crippen molar-refractivity contribution in [2.75, 3.05) is 13.2 Å². The first-order chi connectivity index (χ1) is 15.4. The van der Waals surface area contributed by atoms with Gasteiger partial charge in [-0.1, -0.05) is 112 Å². The van der Waals surface area contributed by atoms with Crippen LogP contribution in [0.2, 0.25) is 39.3 Å². The summed E-state index contributed by atoms with van der Waals surface area (Å²) >= 11 is 0. The van der Waals surface area contributed by atoms with Crippen LogP contribution in [-0.2, 0) is 9.47 Å². The van der Waals surface area contributed by atoms with E-state index in [0.717, 1.165) is 10.4 Å². The van der Waals surface area contributed by atoms with E-state index in [1.54, 1.807) is 0 Å². The molecule has 0 amide bonds. The summed E-state index contributed by atoms with van der Waals surface area (Å²) in [6.45, 7) is 18.2. The smallest absolute Gasteiger partial charge is 0.370 e. The molecule has 2 aromatic carbocycles. The van der Waals surface area contributed by atoms with E-state index < -0.39 is 35.4 Å². The Morgan fingerprint density at radius 3 is 1.09 bits per heavy atom. The number of carbonyl (C=O) groups is 2. The van der Waals surface area contributed by atoms with Crippen LogP contribution in [0.1, 0.15) is 26.7 Å². The SMILES string of the molecule is CCCOC(=O)[Si](C(=O)OCCC)(c1ccc([Si](C)(C)C)cc1)c1ccc([Si](C)(C)C)cc1. The lowest BCUT2D eigenvalue weighted by Crippen LogP contribution is -2.71. The number of hydrogen-bond acceptors (Lipinski definition) is 4. The van der Waals surface area contributed by atoms with Gasteiger partial charge in [0.2, 0.25) is 0 Å². The minimum atomic E-state index is -3.68. The Morgan fingerprint density at radius 2 is 0.848 bits per heavy atom. The highest BCUT2D eigenvalue weighted by Crippen LogP contribution is 2.15. The maximum absolute atomic E-state index is 13.7. The summed E-state index contributed by atoms with van der Waals surface area (Å²) in [6.07, 6.45) is 1.40. The Bertz CT molecular complexity index is 860. The summed E-state index contributed by atoms with van der Waals surface area (Å²) in [4.78, 5) is 27.5. The molecule has 180 valence electrons. The van der Waals surface area contributed by atoms with Crippen molar-refractivity contribution < 1.29 is 19.1 Å². The van der Waals surface area contributed by atoms with Gasteiger partial charge in [-0.15, -0.1) is 0 Å². The van der Waals surface area contributed by atoms with Crippen LogP contribution in [0.5, 0.6) is 0 Å². The van der Waals surface area contributed by atoms with Gasteiger partial charge < -0.3 is 9.47 Å². The molecule has 0 bridgehead atoms. The molecule has 7 heteroatoms. The van der Waals surface area contributed by atoms with Gasteiger partial charge in [0.25, 0.3) is 11.2 Å². The van der Waals surface area contributed by atoms with Crippen molar-refractivity contribution in [1.29, 1.82) is 0 Å². The average molecular weight is 501 g/mol. The van der Waals surface area contributed by atoms with E-state index in [9.17, 15) is 9.59 Å². The molecular formula is C26H40O4Si3. The summed E-state index contributed by atoms with van der Waals surface area (Å²) in [6, 6.07) is 16.2. The zero-order chi connectivity index (χ0) is 24.9. The first-order valence-electron chi connectivity index (χ1n) is 12.0. The van der Waals surface area contributed by atoms with Crippen molar-refractivity contribution >= 4 is 56.2 Å². The molecule has 4 nitrogen and oxygen atoms in total. The molecule has 0 aliphatic carbocycles. The van der Waals surface area contributed by atoms with Crippen LogP contribution >= 0.6 is 0 Å². The third-order valence-electron chi connectivity index (χ3n) is 5.85. The summed E-state index contributed by atoms with van der Waals surface area (Å²) in [5, 5.41) is 4.03. The molecule has 0 aliphatic heterocycles. The molecule has 2 rings (SSSR count). The summed E-state index contributed by atoms with van der Waals surface area (Å²) < 4.78 is 11.4. The molecule has 0 N–H and O–H groups in total. The van der Waals surface area contributed by atoms with Crippen molar-refractivity contribution in [2.24, 2.45) is 0 Å². The molecular weight excluding hydrogens is 461 g/mol. The van der Waals surface area contributed by atoms with Crippen molar-refractivity contribution in [1.82, 2.24) is 0 Å². The van der Waals surface area contributed by atoms with E-state index >= 15 is 0 Å². The van der Waals surface area contributed by atoms with Crippen molar-refractivity contribution in [3.05, 3.63) is 48.5 Å². The summed E-state index contributed by atoms with van der Waals surface area (Å²) in [5.41, 5.74) is -0.876. The second-order valence-corrected chi connectivity index (χ2v) is 24.3. The van der Waals surface area contributed by atoms with Crippen LogP contribution in [0.25, 0.3) is 0 Å². The van der Waals surface area contributed by atoms with E-state index in [0.29, 0.717) is 12.8 Å². The van der Waals surface area contributed by atoms with Gasteiger partial charge in [0.05, 0.1) is 29.4 Å². The number of ether oxygens (including phenoxy) is 2. The van der Waals surface area contributed by atoms with Crippen LogP contribution in [0.15, 0.2) is 48.5 Å². The van der Waals surface area contributed by atoms with E-state index in [1.807, 2.05) is 38.1 Å². The molecule has 0 spiro atoms. The summed E-state index contributed by atoms with van der Waals surface area (Å²) in [7, 11) is -6.75. The Kier molecular flexibility index (Phi) is 9.07. The van der Waals surface area contributed by atoms with Gasteiger partial charge in [-0.05, 0) is 23.2 Å². The fraction of sp³-hybridized carbons (Fsp3) is 0.462. The average Bonchev–Trinajstić information content (AvgIpc) is 2.76. The molecule has 0 aromatic heterocycles. The maximum Gasteiger partial charge on any atom is 0.370 e. The predicted octanol–water partition coefficient (Wildman–Crippen LogP) is 4.60. The monoisotopic (exact) mass is 500 g/mol. The molecule has 0 saturated heterocycles. The largest absolute Gasteiger partial charge is 0.469 e. The molecule has 0 unspecified atom stereocenters. The normalized spacial score (nSPS) is 12.4. The predicted molar refractivity (Wildman–Crippen MR) is 147 cm³/mol. The molecule has 0 atom stereocenters. The van der Waals surface area contributed by atoms with E-state index in [1.165, 1.54) is 10.4 Å². The van der Waals surface area contributed by atoms with E-state index in [2.05, 4.69) is 63.5 Å². The molecule has 0 radical (unpaired) electrons. The number of hydrogen-bond donors (Lipinski definition) is 0. The van der Waals surface area contributed by atoms with Crippen LogP contribution in [0.3, 0.4) is 0 Å². The van der Waals surface area contributed by atoms with E-state index in [4.69, 9.17) is 9.47 Å². The fourth-order valence-corrected chi connectivity index (χ4v) is 9.51. The zero-order valence-corrected chi connectivity index (χ0v) is 24.6. The maximum atomic E-state index is 13.7. The third kappa shape index (κ3) is 6.13. The first kappa shape index (κ1) is 27.3. The summed E-state index contributed by atoms with van der Waals surface area (Å²) in [5.74, 6) is 0. The van der Waals surface area contributed by atoms with Gasteiger partial charge in [-0.3, -0.25) is 9.59 Å². The third-order valence-corrected chi connectivity index (χ3v) is 13.9. The van der Waals surface area contributed by atoms with E-state index in [-0.39, 0.29) is 13.2 Å². The molecule has 2 aromatic rings. The zero-order valence-electron chi connectivity index (χ0n) is 21.6. The van der Waals surface area contributed by atoms with Crippen molar-refractivity contribution in [3.8, 4) is 0 Å². The van der Waals surface area contributed by atoms with Gasteiger partial charge in [-0.25, -0.2) is 0 Å². The van der Waals surface area contributed by atoms with Gasteiger partial charge in [0, 0.05) is 0 Å². The molecule has 0 aliphatic rings. The van der Waals surface area contributed by atoms with Gasteiger partial charge >= 0.3 is 8.07 Å². The minimum Gasteiger partial charge on any atom is -0.469 e. The highest BCUT2D eigenvalue weighted by Gasteiger charge is 2.57. The number of rotatable bonds is 10. The lowest BCUT2D eigenvalue weighted by Gasteiger charge is -2.29. The van der Waals surface area contributed by atoms with Crippen molar-refractivity contribution in [3.63, 3.8) is 0 Å². The standard InChI is InChI=1S/C26H40O4Si3/c1-9-19-29-25(27)33(26(28)30-20-10-2,23-15-11-21(12-16-23)31(3,4)5)24-17-13-22(14-18-24)32(6,7)8/h11-18H,9-10,19-20H2,1-8H3. The quantitative estimate of drug-likeness (QED) is 0.448. The minimum absolute atomic E-state index is 0.286. The van der Waals surface area contributed by atoms with Crippen LogP contribution in [0, 0.1) is 0 Å². The Hall–Kier alpha value is -1.97. The lowest BCUT2D eigenvalue weighted by molar-refractivity contribution is 0.162. The Labute approximate surface area is 202 Å². The Balaban J connectivity index is 2.77. The lowest BCUT2D eigenvalue weighted by atomic mass is 10.3.